The number of hydrogen-bond donors (Lipinski definition) is 0. The molecule has 1 aromatic carbocycles. The molecule has 1 heterocycles. The molecule has 0 spiro atoms. The van der Waals surface area contributed by atoms with E-state index in [1.54, 1.807) is 24.3 Å². The Bertz CT molecular complexity index is 874. The Morgan fingerprint density at radius 1 is 1.16 bits per heavy atom. The van der Waals surface area contributed by atoms with Gasteiger partial charge in [0.05, 0.1) is 13.6 Å². The van der Waals surface area contributed by atoms with Gasteiger partial charge in [-0.05, 0) is 47.1 Å². The molecule has 0 aliphatic rings. The van der Waals surface area contributed by atoms with Crippen molar-refractivity contribution >= 4 is 49.0 Å². The van der Waals surface area contributed by atoms with E-state index >= 15 is 0 Å². The number of carbonyl (C=O) groups is 2. The fourth-order valence-electron chi connectivity index (χ4n) is 1.88. The fraction of sp³-hybridized carbons (Fsp3) is 0.250. The number of hydrogen-bond acceptors (Lipinski definition) is 6. The minimum absolute atomic E-state index is 0.0907. The van der Waals surface area contributed by atoms with Gasteiger partial charge in [0.15, 0.2) is 6.61 Å². The summed E-state index contributed by atoms with van der Waals surface area (Å²) in [6, 6.07) is 9.66. The van der Waals surface area contributed by atoms with Gasteiger partial charge < -0.3 is 4.74 Å². The number of aryl methyl sites for hydroxylation is 1. The Kier molecular flexibility index (Phi) is 6.50. The smallest absolute Gasteiger partial charge is 0.321 e. The highest BCUT2D eigenvalue weighted by Crippen LogP contribution is 2.22. The molecule has 0 aliphatic heterocycles. The van der Waals surface area contributed by atoms with Gasteiger partial charge in [0.25, 0.3) is 0 Å². The second-order valence-electron chi connectivity index (χ2n) is 5.26. The number of Topliss-reactive ketones (excluding diaryl/α,β-unsaturated/α-hetero) is 1. The fourth-order valence-corrected chi connectivity index (χ4v) is 4.31. The summed E-state index contributed by atoms with van der Waals surface area (Å²) in [5.41, 5.74) is 0.930. The molecule has 0 saturated carbocycles. The first-order valence-electron chi connectivity index (χ1n) is 7.17. The molecule has 2 aromatic rings. The van der Waals surface area contributed by atoms with Crippen molar-refractivity contribution in [2.75, 3.05) is 20.2 Å². The zero-order valence-corrected chi connectivity index (χ0v) is 16.8. The lowest BCUT2D eigenvalue weighted by atomic mass is 10.2. The van der Waals surface area contributed by atoms with E-state index in [-0.39, 0.29) is 10.7 Å². The Hall–Kier alpha value is -1.55. The monoisotopic (exact) mass is 445 g/mol. The minimum atomic E-state index is -3.79. The summed E-state index contributed by atoms with van der Waals surface area (Å²) in [6.45, 7) is 0.947. The molecular weight excluding hydrogens is 430 g/mol. The molecule has 2 rings (SSSR count). The highest BCUT2D eigenvalue weighted by Gasteiger charge is 2.24. The maximum atomic E-state index is 12.4. The number of nitrogens with zero attached hydrogens (tertiary/aromatic N) is 1. The van der Waals surface area contributed by atoms with Gasteiger partial charge in [-0.2, -0.15) is 4.31 Å². The molecule has 0 bridgehead atoms. The van der Waals surface area contributed by atoms with Crippen molar-refractivity contribution in [3.8, 4) is 0 Å². The molecule has 0 atom stereocenters. The summed E-state index contributed by atoms with van der Waals surface area (Å²) in [5, 5.41) is 0. The Morgan fingerprint density at radius 2 is 1.80 bits per heavy atom. The first kappa shape index (κ1) is 19.8. The SMILES string of the molecule is Cc1ccc(S(=O)(=O)N(C)CC(=O)OCC(=O)c2ccc(Br)s2)cc1. The van der Waals surface area contributed by atoms with E-state index in [9.17, 15) is 18.0 Å². The Balaban J connectivity index is 1.93. The number of carbonyl (C=O) groups excluding carboxylic acids is 2. The van der Waals surface area contributed by atoms with E-state index in [2.05, 4.69) is 15.9 Å². The predicted molar refractivity (Wildman–Crippen MR) is 98.3 cm³/mol. The number of ketones is 1. The van der Waals surface area contributed by atoms with Crippen LogP contribution in [0.4, 0.5) is 0 Å². The van der Waals surface area contributed by atoms with Crippen LogP contribution in [0, 0.1) is 6.92 Å². The van der Waals surface area contributed by atoms with Crippen molar-refractivity contribution in [1.29, 1.82) is 0 Å². The van der Waals surface area contributed by atoms with Crippen molar-refractivity contribution < 1.29 is 22.7 Å². The average molecular weight is 446 g/mol. The third-order valence-corrected chi connectivity index (χ3v) is 6.78. The summed E-state index contributed by atoms with van der Waals surface area (Å²) in [7, 11) is -2.51. The third-order valence-electron chi connectivity index (χ3n) is 3.29. The topological polar surface area (TPSA) is 80.8 Å². The Morgan fingerprint density at radius 3 is 2.36 bits per heavy atom. The maximum Gasteiger partial charge on any atom is 0.321 e. The molecule has 0 aliphatic carbocycles. The molecule has 9 heteroatoms. The summed E-state index contributed by atoms with van der Waals surface area (Å²) in [6.07, 6.45) is 0. The number of benzene rings is 1. The largest absolute Gasteiger partial charge is 0.456 e. The molecule has 0 fully saturated rings. The van der Waals surface area contributed by atoms with Gasteiger partial charge in [0.2, 0.25) is 15.8 Å². The lowest BCUT2D eigenvalue weighted by Crippen LogP contribution is -2.33. The first-order valence-corrected chi connectivity index (χ1v) is 10.2. The average Bonchev–Trinajstić information content (AvgIpc) is 2.99. The van der Waals surface area contributed by atoms with Crippen LogP contribution in [0.1, 0.15) is 15.2 Å². The van der Waals surface area contributed by atoms with Crippen LogP contribution in [0.2, 0.25) is 0 Å². The van der Waals surface area contributed by atoms with E-state index < -0.39 is 29.1 Å². The zero-order valence-electron chi connectivity index (χ0n) is 13.6. The molecule has 0 saturated heterocycles. The highest BCUT2D eigenvalue weighted by atomic mass is 79.9. The van der Waals surface area contributed by atoms with Crippen LogP contribution in [0.5, 0.6) is 0 Å². The Labute approximate surface area is 158 Å². The van der Waals surface area contributed by atoms with Gasteiger partial charge in [-0.1, -0.05) is 17.7 Å². The molecule has 0 N–H and O–H groups in total. The second kappa shape index (κ2) is 8.22. The molecule has 1 aromatic heterocycles. The van der Waals surface area contributed by atoms with E-state index in [0.29, 0.717) is 4.88 Å². The minimum Gasteiger partial charge on any atom is -0.456 e. The van der Waals surface area contributed by atoms with Crippen LogP contribution in [-0.2, 0) is 19.6 Å². The number of thiophene rings is 1. The number of esters is 1. The van der Waals surface area contributed by atoms with Crippen LogP contribution in [-0.4, -0.2) is 44.7 Å². The molecule has 0 amide bonds. The number of rotatable bonds is 7. The maximum absolute atomic E-state index is 12.4. The van der Waals surface area contributed by atoms with E-state index in [1.807, 2.05) is 6.92 Å². The number of sulfonamides is 1. The summed E-state index contributed by atoms with van der Waals surface area (Å²) >= 11 is 4.48. The standard InChI is InChI=1S/C16H16BrNO5S2/c1-11-3-5-12(6-4-11)25(21,22)18(2)9-16(20)23-10-13(19)14-7-8-15(17)24-14/h3-8H,9-10H2,1-2H3. The highest BCUT2D eigenvalue weighted by molar-refractivity contribution is 9.11. The molecule has 0 unspecified atom stereocenters. The number of halogens is 1. The first-order chi connectivity index (χ1) is 11.7. The number of likely N-dealkylation sites (N-methyl/N-ethyl adjacent to an activating group) is 1. The van der Waals surface area contributed by atoms with E-state index in [4.69, 9.17) is 4.74 Å². The van der Waals surface area contributed by atoms with Crippen LogP contribution in [0.3, 0.4) is 0 Å². The lowest BCUT2D eigenvalue weighted by Gasteiger charge is -2.16. The number of ether oxygens (including phenoxy) is 1. The van der Waals surface area contributed by atoms with Crippen molar-refractivity contribution in [3.05, 3.63) is 50.6 Å². The van der Waals surface area contributed by atoms with Crippen molar-refractivity contribution in [1.82, 2.24) is 4.31 Å². The van der Waals surface area contributed by atoms with Gasteiger partial charge in [0.1, 0.15) is 6.54 Å². The predicted octanol–water partition coefficient (Wildman–Crippen LogP) is 2.87. The van der Waals surface area contributed by atoms with E-state index in [0.717, 1.165) is 13.7 Å². The zero-order chi connectivity index (χ0) is 18.6. The van der Waals surface area contributed by atoms with Gasteiger partial charge in [-0.3, -0.25) is 9.59 Å². The molecule has 6 nitrogen and oxygen atoms in total. The van der Waals surface area contributed by atoms with Crippen LogP contribution in [0.15, 0.2) is 45.1 Å². The van der Waals surface area contributed by atoms with Crippen LogP contribution < -0.4 is 0 Å². The van der Waals surface area contributed by atoms with Gasteiger partial charge in [0, 0.05) is 7.05 Å². The lowest BCUT2D eigenvalue weighted by molar-refractivity contribution is -0.142. The molecule has 134 valence electrons. The summed E-state index contributed by atoms with van der Waals surface area (Å²) < 4.78 is 31.4. The summed E-state index contributed by atoms with van der Waals surface area (Å²) in [4.78, 5) is 24.3. The van der Waals surface area contributed by atoms with Crippen molar-refractivity contribution in [2.45, 2.75) is 11.8 Å². The van der Waals surface area contributed by atoms with Crippen molar-refractivity contribution in [3.63, 3.8) is 0 Å². The van der Waals surface area contributed by atoms with Gasteiger partial charge >= 0.3 is 5.97 Å². The molecule has 25 heavy (non-hydrogen) atoms. The van der Waals surface area contributed by atoms with Crippen LogP contribution >= 0.6 is 27.3 Å². The van der Waals surface area contributed by atoms with Gasteiger partial charge in [-0.25, -0.2) is 8.42 Å². The third kappa shape index (κ3) is 5.21. The summed E-state index contributed by atoms with van der Waals surface area (Å²) in [5.74, 6) is -1.13. The molecule has 0 radical (unpaired) electrons. The second-order valence-corrected chi connectivity index (χ2v) is 9.77. The molecular formula is C16H16BrNO5S2. The van der Waals surface area contributed by atoms with Gasteiger partial charge in [-0.15, -0.1) is 11.3 Å². The normalized spacial score (nSPS) is 11.5. The van der Waals surface area contributed by atoms with Crippen molar-refractivity contribution in [2.24, 2.45) is 0 Å². The quantitative estimate of drug-likeness (QED) is 0.483. The van der Waals surface area contributed by atoms with Crippen LogP contribution in [0.25, 0.3) is 0 Å². The van der Waals surface area contributed by atoms with E-state index in [1.165, 1.54) is 30.5 Å².